The maximum Gasteiger partial charge on any atom is 0.272 e. The first-order valence-corrected chi connectivity index (χ1v) is 4.67. The molecule has 0 spiro atoms. The van der Waals surface area contributed by atoms with Gasteiger partial charge < -0.3 is 11.1 Å². The maximum absolute atomic E-state index is 11.6. The summed E-state index contributed by atoms with van der Waals surface area (Å²) in [5, 5.41) is 6.93. The van der Waals surface area contributed by atoms with E-state index in [2.05, 4.69) is 10.4 Å². The zero-order valence-corrected chi connectivity index (χ0v) is 8.16. The third kappa shape index (κ3) is 1.63. The highest BCUT2D eigenvalue weighted by atomic mass is 16.2. The normalized spacial score (nSPS) is 17.9. The van der Waals surface area contributed by atoms with Crippen LogP contribution in [0.25, 0.3) is 0 Å². The molecule has 1 saturated carbocycles. The Labute approximate surface area is 82.3 Å². The molecule has 2 rings (SSSR count). The molecule has 0 bridgehead atoms. The second-order valence-corrected chi connectivity index (χ2v) is 3.81. The fraction of sp³-hybridized carbons (Fsp3) is 0.556. The van der Waals surface area contributed by atoms with E-state index < -0.39 is 0 Å². The fourth-order valence-electron chi connectivity index (χ4n) is 1.37. The molecule has 0 aliphatic heterocycles. The van der Waals surface area contributed by atoms with Crippen LogP contribution in [0, 0.1) is 0 Å². The van der Waals surface area contributed by atoms with Gasteiger partial charge in [0.25, 0.3) is 5.91 Å². The smallest absolute Gasteiger partial charge is 0.272 e. The Morgan fingerprint density at radius 2 is 2.50 bits per heavy atom. The van der Waals surface area contributed by atoms with E-state index in [0.29, 0.717) is 12.2 Å². The molecule has 76 valence electrons. The Hall–Kier alpha value is -1.36. The summed E-state index contributed by atoms with van der Waals surface area (Å²) in [4.78, 5) is 11.6. The molecular weight excluding hydrogens is 180 g/mol. The van der Waals surface area contributed by atoms with E-state index in [1.165, 1.54) is 0 Å². The largest absolute Gasteiger partial charge is 0.344 e. The van der Waals surface area contributed by atoms with Crippen molar-refractivity contribution in [2.75, 3.05) is 6.54 Å². The van der Waals surface area contributed by atoms with E-state index in [1.807, 2.05) is 0 Å². The van der Waals surface area contributed by atoms with Crippen LogP contribution in [0.2, 0.25) is 0 Å². The van der Waals surface area contributed by atoms with Crippen molar-refractivity contribution in [2.45, 2.75) is 18.4 Å². The summed E-state index contributed by atoms with van der Waals surface area (Å²) in [5.74, 6) is -0.131. The SMILES string of the molecule is Cn1ccc(C(=O)NC2(CN)CC2)n1. The molecule has 0 radical (unpaired) electrons. The lowest BCUT2D eigenvalue weighted by Gasteiger charge is -2.13. The number of nitrogens with two attached hydrogens (primary N) is 1. The Kier molecular flexibility index (Phi) is 2.03. The van der Waals surface area contributed by atoms with Crippen LogP contribution in [-0.4, -0.2) is 27.8 Å². The maximum atomic E-state index is 11.6. The highest BCUT2D eigenvalue weighted by Crippen LogP contribution is 2.34. The molecule has 1 amide bonds. The molecule has 0 saturated heterocycles. The van der Waals surface area contributed by atoms with E-state index in [9.17, 15) is 4.79 Å². The molecule has 5 nitrogen and oxygen atoms in total. The van der Waals surface area contributed by atoms with E-state index >= 15 is 0 Å². The number of hydrogen-bond acceptors (Lipinski definition) is 3. The lowest BCUT2D eigenvalue weighted by atomic mass is 10.2. The van der Waals surface area contributed by atoms with Gasteiger partial charge in [0.05, 0.1) is 5.54 Å². The number of nitrogens with zero attached hydrogens (tertiary/aromatic N) is 2. The zero-order valence-electron chi connectivity index (χ0n) is 8.16. The molecule has 1 fully saturated rings. The van der Waals surface area contributed by atoms with Crippen molar-refractivity contribution in [2.24, 2.45) is 12.8 Å². The summed E-state index contributed by atoms with van der Waals surface area (Å²) in [6.07, 6.45) is 3.70. The molecule has 5 heteroatoms. The van der Waals surface area contributed by atoms with Gasteiger partial charge in [-0.05, 0) is 18.9 Å². The number of rotatable bonds is 3. The predicted octanol–water partition coefficient (Wildman–Crippen LogP) is -0.359. The monoisotopic (exact) mass is 194 g/mol. The molecular formula is C9H14N4O. The van der Waals surface area contributed by atoms with Gasteiger partial charge in [-0.1, -0.05) is 0 Å². The van der Waals surface area contributed by atoms with Gasteiger partial charge in [0.1, 0.15) is 5.69 Å². The number of aryl methyl sites for hydroxylation is 1. The number of carbonyl (C=O) groups is 1. The number of carbonyl (C=O) groups excluding carboxylic acids is 1. The third-order valence-electron chi connectivity index (χ3n) is 2.57. The summed E-state index contributed by atoms with van der Waals surface area (Å²) in [5.41, 5.74) is 5.87. The van der Waals surface area contributed by atoms with Crippen LogP contribution in [0.15, 0.2) is 12.3 Å². The molecule has 1 aromatic rings. The van der Waals surface area contributed by atoms with Crippen molar-refractivity contribution >= 4 is 5.91 Å². The van der Waals surface area contributed by atoms with Crippen molar-refractivity contribution in [1.29, 1.82) is 0 Å². The zero-order chi connectivity index (χ0) is 10.2. The number of amides is 1. The summed E-state index contributed by atoms with van der Waals surface area (Å²) in [7, 11) is 1.78. The van der Waals surface area contributed by atoms with Gasteiger partial charge in [-0.3, -0.25) is 9.48 Å². The molecule has 0 unspecified atom stereocenters. The molecule has 1 aromatic heterocycles. The van der Waals surface area contributed by atoms with Gasteiger partial charge >= 0.3 is 0 Å². The van der Waals surface area contributed by atoms with Crippen molar-refractivity contribution in [3.8, 4) is 0 Å². The van der Waals surface area contributed by atoms with Crippen LogP contribution >= 0.6 is 0 Å². The fourth-order valence-corrected chi connectivity index (χ4v) is 1.37. The summed E-state index contributed by atoms with van der Waals surface area (Å²) < 4.78 is 1.61. The van der Waals surface area contributed by atoms with Crippen LogP contribution in [-0.2, 0) is 7.05 Å². The van der Waals surface area contributed by atoms with Crippen molar-refractivity contribution in [1.82, 2.24) is 15.1 Å². The minimum absolute atomic E-state index is 0.131. The van der Waals surface area contributed by atoms with Crippen LogP contribution in [0.3, 0.4) is 0 Å². The van der Waals surface area contributed by atoms with Gasteiger partial charge in [-0.15, -0.1) is 0 Å². The first-order valence-electron chi connectivity index (χ1n) is 4.67. The Morgan fingerprint density at radius 3 is 2.93 bits per heavy atom. The quantitative estimate of drug-likeness (QED) is 0.690. The Bertz CT molecular complexity index is 353. The van der Waals surface area contributed by atoms with Crippen LogP contribution in [0.1, 0.15) is 23.3 Å². The molecule has 3 N–H and O–H groups in total. The minimum Gasteiger partial charge on any atom is -0.344 e. The average molecular weight is 194 g/mol. The van der Waals surface area contributed by atoms with Crippen molar-refractivity contribution < 1.29 is 4.79 Å². The van der Waals surface area contributed by atoms with E-state index in [1.54, 1.807) is 24.0 Å². The lowest BCUT2D eigenvalue weighted by molar-refractivity contribution is 0.0927. The Morgan fingerprint density at radius 1 is 1.79 bits per heavy atom. The first kappa shape index (κ1) is 9.21. The second kappa shape index (κ2) is 3.09. The number of hydrogen-bond donors (Lipinski definition) is 2. The third-order valence-corrected chi connectivity index (χ3v) is 2.57. The molecule has 0 aromatic carbocycles. The van der Waals surface area contributed by atoms with Crippen molar-refractivity contribution in [3.05, 3.63) is 18.0 Å². The summed E-state index contributed by atoms with van der Waals surface area (Å²) in [6.45, 7) is 0.506. The lowest BCUT2D eigenvalue weighted by Crippen LogP contribution is -2.42. The van der Waals surface area contributed by atoms with Crippen molar-refractivity contribution in [3.63, 3.8) is 0 Å². The van der Waals surface area contributed by atoms with Crippen LogP contribution < -0.4 is 11.1 Å². The highest BCUT2D eigenvalue weighted by Gasteiger charge is 2.42. The van der Waals surface area contributed by atoms with Gasteiger partial charge in [-0.25, -0.2) is 0 Å². The molecule has 1 aliphatic carbocycles. The molecule has 1 aliphatic rings. The van der Waals surface area contributed by atoms with Crippen LogP contribution in [0.4, 0.5) is 0 Å². The van der Waals surface area contributed by atoms with Gasteiger partial charge in [0, 0.05) is 19.8 Å². The predicted molar refractivity (Wildman–Crippen MR) is 51.7 cm³/mol. The molecule has 1 heterocycles. The van der Waals surface area contributed by atoms with Gasteiger partial charge in [0.2, 0.25) is 0 Å². The summed E-state index contributed by atoms with van der Waals surface area (Å²) >= 11 is 0. The van der Waals surface area contributed by atoms with Gasteiger partial charge in [0.15, 0.2) is 0 Å². The Balaban J connectivity index is 2.03. The van der Waals surface area contributed by atoms with Crippen LogP contribution in [0.5, 0.6) is 0 Å². The second-order valence-electron chi connectivity index (χ2n) is 3.81. The number of nitrogens with one attached hydrogen (secondary N) is 1. The molecule has 0 atom stereocenters. The number of aromatic nitrogens is 2. The standard InChI is InChI=1S/C9H14N4O/c1-13-5-2-7(12-13)8(14)11-9(6-10)3-4-9/h2,5H,3-4,6,10H2,1H3,(H,11,14). The molecule has 14 heavy (non-hydrogen) atoms. The average Bonchev–Trinajstić information content (AvgIpc) is 2.80. The topological polar surface area (TPSA) is 72.9 Å². The summed E-state index contributed by atoms with van der Waals surface area (Å²) in [6, 6.07) is 1.70. The minimum atomic E-state index is -0.144. The van der Waals surface area contributed by atoms with Gasteiger partial charge in [-0.2, -0.15) is 5.10 Å². The van der Waals surface area contributed by atoms with E-state index in [4.69, 9.17) is 5.73 Å². The van der Waals surface area contributed by atoms with E-state index in [-0.39, 0.29) is 11.4 Å². The van der Waals surface area contributed by atoms with E-state index in [0.717, 1.165) is 12.8 Å². The highest BCUT2D eigenvalue weighted by molar-refractivity contribution is 5.92. The first-order chi connectivity index (χ1) is 6.65.